The highest BCUT2D eigenvalue weighted by atomic mass is 19.1. The summed E-state index contributed by atoms with van der Waals surface area (Å²) in [6.07, 6.45) is 5.09. The molecule has 0 radical (unpaired) electrons. The van der Waals surface area contributed by atoms with E-state index in [0.717, 1.165) is 62.4 Å². The Bertz CT molecular complexity index is 1040. The Labute approximate surface area is 199 Å². The van der Waals surface area contributed by atoms with Gasteiger partial charge in [0.15, 0.2) is 0 Å². The standard InChI is InChI=1S/C27H29F2N3O2/c1-34-27(33)25-19-30-13-12-26(25)32-17-15-31(16-18-32)14-2-3-24(20-4-8-22(28)9-5-20)21-6-10-23(29)11-7-21/h4-13,19,24H,2-3,14-18H2,1H3. The van der Waals surface area contributed by atoms with Crippen LogP contribution in [-0.2, 0) is 4.74 Å². The maximum absolute atomic E-state index is 13.5. The molecule has 0 saturated carbocycles. The lowest BCUT2D eigenvalue weighted by Gasteiger charge is -2.36. The van der Waals surface area contributed by atoms with Crippen molar-refractivity contribution in [3.8, 4) is 0 Å². The summed E-state index contributed by atoms with van der Waals surface area (Å²) in [4.78, 5) is 20.8. The van der Waals surface area contributed by atoms with Crippen molar-refractivity contribution < 1.29 is 18.3 Å². The van der Waals surface area contributed by atoms with E-state index in [1.807, 2.05) is 30.3 Å². The van der Waals surface area contributed by atoms with Crippen molar-refractivity contribution in [2.75, 3.05) is 44.7 Å². The maximum atomic E-state index is 13.5. The fourth-order valence-electron chi connectivity index (χ4n) is 4.58. The van der Waals surface area contributed by atoms with Gasteiger partial charge < -0.3 is 9.64 Å². The molecule has 2 heterocycles. The van der Waals surface area contributed by atoms with Crippen LogP contribution in [0, 0.1) is 11.6 Å². The lowest BCUT2D eigenvalue weighted by molar-refractivity contribution is 0.0600. The van der Waals surface area contributed by atoms with Crippen molar-refractivity contribution in [2.24, 2.45) is 0 Å². The van der Waals surface area contributed by atoms with Gasteiger partial charge in [-0.05, 0) is 60.8 Å². The highest BCUT2D eigenvalue weighted by molar-refractivity contribution is 5.95. The Kier molecular flexibility index (Phi) is 7.85. The van der Waals surface area contributed by atoms with Gasteiger partial charge in [0.25, 0.3) is 0 Å². The van der Waals surface area contributed by atoms with Crippen LogP contribution in [0.15, 0.2) is 67.0 Å². The number of hydrogen-bond acceptors (Lipinski definition) is 5. The normalized spacial score (nSPS) is 14.4. The molecule has 5 nitrogen and oxygen atoms in total. The number of rotatable bonds is 8. The Morgan fingerprint density at radius 2 is 1.53 bits per heavy atom. The van der Waals surface area contributed by atoms with Crippen LogP contribution in [0.3, 0.4) is 0 Å². The van der Waals surface area contributed by atoms with Gasteiger partial charge in [0.2, 0.25) is 0 Å². The van der Waals surface area contributed by atoms with Crippen LogP contribution in [-0.4, -0.2) is 55.7 Å². The molecule has 0 aliphatic carbocycles. The topological polar surface area (TPSA) is 45.7 Å². The molecule has 0 bridgehead atoms. The fourth-order valence-corrected chi connectivity index (χ4v) is 4.58. The predicted molar refractivity (Wildman–Crippen MR) is 128 cm³/mol. The number of benzene rings is 2. The smallest absolute Gasteiger partial charge is 0.341 e. The number of nitrogens with zero attached hydrogens (tertiary/aromatic N) is 3. The molecule has 0 amide bonds. The SMILES string of the molecule is COC(=O)c1cnccc1N1CCN(CCCC(c2ccc(F)cc2)c2ccc(F)cc2)CC1. The summed E-state index contributed by atoms with van der Waals surface area (Å²) in [6, 6.07) is 15.0. The van der Waals surface area contributed by atoms with Crippen molar-refractivity contribution in [1.82, 2.24) is 9.88 Å². The lowest BCUT2D eigenvalue weighted by Crippen LogP contribution is -2.47. The van der Waals surface area contributed by atoms with Gasteiger partial charge in [0.05, 0.1) is 12.8 Å². The molecular weight excluding hydrogens is 436 g/mol. The molecule has 1 aliphatic rings. The Morgan fingerprint density at radius 3 is 2.09 bits per heavy atom. The van der Waals surface area contributed by atoms with Crippen LogP contribution in [0.4, 0.5) is 14.5 Å². The highest BCUT2D eigenvalue weighted by Crippen LogP contribution is 2.30. The Morgan fingerprint density at radius 1 is 0.941 bits per heavy atom. The third-order valence-electron chi connectivity index (χ3n) is 6.43. The van der Waals surface area contributed by atoms with Gasteiger partial charge in [-0.3, -0.25) is 9.88 Å². The fraction of sp³-hybridized carbons (Fsp3) is 0.333. The number of piperazine rings is 1. The number of hydrogen-bond donors (Lipinski definition) is 0. The van der Waals surface area contributed by atoms with Crippen molar-refractivity contribution >= 4 is 11.7 Å². The average Bonchev–Trinajstić information content (AvgIpc) is 2.88. The van der Waals surface area contributed by atoms with Gasteiger partial charge in [0, 0.05) is 44.5 Å². The van der Waals surface area contributed by atoms with Gasteiger partial charge in [-0.2, -0.15) is 0 Å². The molecule has 1 aliphatic heterocycles. The van der Waals surface area contributed by atoms with E-state index in [1.165, 1.54) is 31.4 Å². The van der Waals surface area contributed by atoms with Gasteiger partial charge in [0.1, 0.15) is 17.2 Å². The van der Waals surface area contributed by atoms with E-state index < -0.39 is 0 Å². The second-order valence-corrected chi connectivity index (χ2v) is 8.51. The van der Waals surface area contributed by atoms with E-state index in [9.17, 15) is 13.6 Å². The van der Waals surface area contributed by atoms with Gasteiger partial charge in [-0.1, -0.05) is 24.3 Å². The third kappa shape index (κ3) is 5.78. The van der Waals surface area contributed by atoms with E-state index in [4.69, 9.17) is 4.74 Å². The summed E-state index contributed by atoms with van der Waals surface area (Å²) in [6.45, 7) is 4.34. The largest absolute Gasteiger partial charge is 0.465 e. The zero-order valence-corrected chi connectivity index (χ0v) is 19.3. The molecule has 0 unspecified atom stereocenters. The highest BCUT2D eigenvalue weighted by Gasteiger charge is 2.22. The first-order chi connectivity index (χ1) is 16.5. The molecular formula is C27H29F2N3O2. The first-order valence-corrected chi connectivity index (χ1v) is 11.6. The second kappa shape index (κ2) is 11.2. The minimum Gasteiger partial charge on any atom is -0.465 e. The molecule has 0 spiro atoms. The van der Waals surface area contributed by atoms with Crippen molar-refractivity contribution in [3.63, 3.8) is 0 Å². The summed E-state index contributed by atoms with van der Waals surface area (Å²) in [7, 11) is 1.38. The first kappa shape index (κ1) is 23.8. The van der Waals surface area contributed by atoms with Crippen LogP contribution in [0.1, 0.15) is 40.2 Å². The number of halogens is 2. The number of aromatic nitrogens is 1. The molecule has 0 atom stereocenters. The molecule has 4 rings (SSSR count). The molecule has 1 aromatic heterocycles. The van der Waals surface area contributed by atoms with E-state index in [1.54, 1.807) is 12.4 Å². The van der Waals surface area contributed by atoms with Crippen LogP contribution < -0.4 is 4.90 Å². The van der Waals surface area contributed by atoms with Crippen LogP contribution in [0.2, 0.25) is 0 Å². The molecule has 3 aromatic rings. The summed E-state index contributed by atoms with van der Waals surface area (Å²) < 4.78 is 31.8. The number of methoxy groups -OCH3 is 1. The van der Waals surface area contributed by atoms with Crippen molar-refractivity contribution in [2.45, 2.75) is 18.8 Å². The first-order valence-electron chi connectivity index (χ1n) is 11.6. The van der Waals surface area contributed by atoms with E-state index in [0.29, 0.717) is 5.56 Å². The molecule has 0 N–H and O–H groups in total. The van der Waals surface area contributed by atoms with Crippen LogP contribution in [0.5, 0.6) is 0 Å². The zero-order chi connectivity index (χ0) is 23.9. The summed E-state index contributed by atoms with van der Waals surface area (Å²) in [5.41, 5.74) is 3.41. The van der Waals surface area contributed by atoms with Crippen LogP contribution >= 0.6 is 0 Å². The van der Waals surface area contributed by atoms with Gasteiger partial charge in [-0.15, -0.1) is 0 Å². The van der Waals surface area contributed by atoms with Crippen molar-refractivity contribution in [1.29, 1.82) is 0 Å². The number of carbonyl (C=O) groups excluding carboxylic acids is 1. The van der Waals surface area contributed by atoms with Crippen molar-refractivity contribution in [3.05, 3.63) is 95.3 Å². The second-order valence-electron chi connectivity index (χ2n) is 8.51. The minimum atomic E-state index is -0.377. The maximum Gasteiger partial charge on any atom is 0.341 e. The molecule has 178 valence electrons. The quantitative estimate of drug-likeness (QED) is 0.444. The summed E-state index contributed by atoms with van der Waals surface area (Å²) in [5, 5.41) is 0. The molecule has 7 heteroatoms. The average molecular weight is 466 g/mol. The van der Waals surface area contributed by atoms with Gasteiger partial charge >= 0.3 is 5.97 Å². The number of pyridine rings is 1. The predicted octanol–water partition coefficient (Wildman–Crippen LogP) is 4.88. The van der Waals surface area contributed by atoms with E-state index in [-0.39, 0.29) is 23.5 Å². The molecule has 34 heavy (non-hydrogen) atoms. The molecule has 1 fully saturated rings. The Balaban J connectivity index is 1.35. The Hall–Kier alpha value is -3.32. The minimum absolute atomic E-state index is 0.0851. The zero-order valence-electron chi connectivity index (χ0n) is 19.3. The monoisotopic (exact) mass is 465 g/mol. The number of carbonyl (C=O) groups is 1. The lowest BCUT2D eigenvalue weighted by atomic mass is 9.87. The number of ether oxygens (including phenoxy) is 1. The van der Waals surface area contributed by atoms with E-state index >= 15 is 0 Å². The van der Waals surface area contributed by atoms with E-state index in [2.05, 4.69) is 14.8 Å². The molecule has 1 saturated heterocycles. The number of anilines is 1. The van der Waals surface area contributed by atoms with Crippen LogP contribution in [0.25, 0.3) is 0 Å². The summed E-state index contributed by atoms with van der Waals surface area (Å²) >= 11 is 0. The number of esters is 1. The molecule has 2 aromatic carbocycles. The summed E-state index contributed by atoms with van der Waals surface area (Å²) in [5.74, 6) is -0.812. The van der Waals surface area contributed by atoms with Gasteiger partial charge in [-0.25, -0.2) is 13.6 Å². The third-order valence-corrected chi connectivity index (χ3v) is 6.43.